The second-order valence-electron chi connectivity index (χ2n) is 3.99. The van der Waals surface area contributed by atoms with E-state index in [1.54, 1.807) is 19.1 Å². The van der Waals surface area contributed by atoms with Crippen LogP contribution in [0.4, 0.5) is 18.9 Å². The van der Waals surface area contributed by atoms with Crippen molar-refractivity contribution in [3.63, 3.8) is 0 Å². The van der Waals surface area contributed by atoms with Crippen LogP contribution in [0.1, 0.15) is 11.1 Å². The summed E-state index contributed by atoms with van der Waals surface area (Å²) < 4.78 is 38.6. The van der Waals surface area contributed by atoms with Gasteiger partial charge >= 0.3 is 6.18 Å². The average molecular weight is 252 g/mol. The fourth-order valence-corrected chi connectivity index (χ4v) is 1.68. The monoisotopic (exact) mass is 252 g/mol. The van der Waals surface area contributed by atoms with Gasteiger partial charge in [0.25, 0.3) is 0 Å². The Labute approximate surface area is 102 Å². The molecule has 0 bridgehead atoms. The van der Waals surface area contributed by atoms with Gasteiger partial charge in [0.15, 0.2) is 0 Å². The molecule has 94 valence electrons. The molecule has 2 aromatic rings. The quantitative estimate of drug-likeness (QED) is 0.786. The van der Waals surface area contributed by atoms with E-state index < -0.39 is 11.7 Å². The van der Waals surface area contributed by atoms with Crippen LogP contribution >= 0.6 is 0 Å². The maximum Gasteiger partial charge on any atom is 0.417 e. The van der Waals surface area contributed by atoms with Crippen molar-refractivity contribution in [2.75, 3.05) is 5.73 Å². The molecule has 2 N–H and O–H groups in total. The largest absolute Gasteiger partial charge is 0.417 e. The van der Waals surface area contributed by atoms with Crippen molar-refractivity contribution >= 4 is 5.69 Å². The Kier molecular flexibility index (Phi) is 2.98. The maximum atomic E-state index is 12.9. The van der Waals surface area contributed by atoms with Crippen LogP contribution in [0, 0.1) is 6.92 Å². The van der Waals surface area contributed by atoms with E-state index in [-0.39, 0.29) is 5.56 Å². The summed E-state index contributed by atoms with van der Waals surface area (Å²) in [6.07, 6.45) is -2.07. The summed E-state index contributed by atoms with van der Waals surface area (Å²) in [5, 5.41) is 0. The fraction of sp³-hybridized carbons (Fsp3) is 0.154. The second-order valence-corrected chi connectivity index (χ2v) is 3.99. The Hall–Kier alpha value is -2.04. The van der Waals surface area contributed by atoms with Gasteiger partial charge in [-0.2, -0.15) is 13.2 Å². The van der Waals surface area contributed by atoms with Crippen LogP contribution in [0.15, 0.2) is 36.7 Å². The molecule has 0 unspecified atom stereocenters. The number of anilines is 1. The molecule has 0 aliphatic heterocycles. The van der Waals surface area contributed by atoms with Gasteiger partial charge < -0.3 is 5.73 Å². The molecule has 0 atom stereocenters. The minimum Gasteiger partial charge on any atom is -0.398 e. The summed E-state index contributed by atoms with van der Waals surface area (Å²) in [4.78, 5) is 3.75. The van der Waals surface area contributed by atoms with Crippen molar-refractivity contribution in [1.82, 2.24) is 4.98 Å². The predicted octanol–water partition coefficient (Wildman–Crippen LogP) is 3.66. The van der Waals surface area contributed by atoms with Crippen molar-refractivity contribution < 1.29 is 13.2 Å². The van der Waals surface area contributed by atoms with Crippen LogP contribution in [-0.4, -0.2) is 4.98 Å². The van der Waals surface area contributed by atoms with E-state index in [0.717, 1.165) is 17.8 Å². The standard InChI is InChI=1S/C13H11F3N2/c1-8-2-3-9(6-12(8)17)10-7-18-5-4-11(10)13(14,15)16/h2-7H,17H2,1H3. The van der Waals surface area contributed by atoms with Gasteiger partial charge in [-0.25, -0.2) is 0 Å². The molecule has 0 radical (unpaired) electrons. The Morgan fingerprint density at radius 3 is 2.50 bits per heavy atom. The smallest absolute Gasteiger partial charge is 0.398 e. The number of aromatic nitrogens is 1. The van der Waals surface area contributed by atoms with Crippen molar-refractivity contribution in [3.05, 3.63) is 47.8 Å². The summed E-state index contributed by atoms with van der Waals surface area (Å²) in [7, 11) is 0. The Balaban J connectivity index is 2.61. The van der Waals surface area contributed by atoms with Crippen LogP contribution in [-0.2, 0) is 6.18 Å². The van der Waals surface area contributed by atoms with E-state index >= 15 is 0 Å². The van der Waals surface area contributed by atoms with Crippen molar-refractivity contribution in [1.29, 1.82) is 0 Å². The van der Waals surface area contributed by atoms with E-state index in [1.807, 2.05) is 0 Å². The molecule has 0 saturated carbocycles. The first kappa shape index (κ1) is 12.4. The average Bonchev–Trinajstić information content (AvgIpc) is 2.32. The summed E-state index contributed by atoms with van der Waals surface area (Å²) in [6, 6.07) is 5.79. The van der Waals surface area contributed by atoms with Crippen LogP contribution in [0.25, 0.3) is 11.1 Å². The number of rotatable bonds is 1. The first-order valence-electron chi connectivity index (χ1n) is 5.27. The first-order valence-corrected chi connectivity index (χ1v) is 5.27. The molecule has 0 fully saturated rings. The zero-order valence-electron chi connectivity index (χ0n) is 9.62. The van der Waals surface area contributed by atoms with Gasteiger partial charge in [0.2, 0.25) is 0 Å². The zero-order chi connectivity index (χ0) is 13.3. The topological polar surface area (TPSA) is 38.9 Å². The number of nitrogens with zero attached hydrogens (tertiary/aromatic N) is 1. The van der Waals surface area contributed by atoms with E-state index in [2.05, 4.69) is 4.98 Å². The number of hydrogen-bond donors (Lipinski definition) is 1. The summed E-state index contributed by atoms with van der Waals surface area (Å²) in [5.74, 6) is 0. The molecule has 0 aliphatic rings. The Bertz CT molecular complexity index is 577. The highest BCUT2D eigenvalue weighted by atomic mass is 19.4. The van der Waals surface area contributed by atoms with Gasteiger partial charge in [-0.05, 0) is 30.2 Å². The van der Waals surface area contributed by atoms with Gasteiger partial charge in [-0.15, -0.1) is 0 Å². The molecule has 0 amide bonds. The lowest BCUT2D eigenvalue weighted by molar-refractivity contribution is -0.137. The molecule has 1 aromatic carbocycles. The molecule has 1 heterocycles. The van der Waals surface area contributed by atoms with Crippen molar-refractivity contribution in [2.45, 2.75) is 13.1 Å². The normalized spacial score (nSPS) is 11.6. The highest BCUT2D eigenvalue weighted by Gasteiger charge is 2.33. The van der Waals surface area contributed by atoms with Crippen LogP contribution < -0.4 is 5.73 Å². The Morgan fingerprint density at radius 2 is 1.89 bits per heavy atom. The van der Waals surface area contributed by atoms with Gasteiger partial charge in [0.05, 0.1) is 5.56 Å². The number of benzene rings is 1. The molecule has 5 heteroatoms. The summed E-state index contributed by atoms with van der Waals surface area (Å²) in [6.45, 7) is 1.80. The zero-order valence-corrected chi connectivity index (χ0v) is 9.62. The number of nitrogen functional groups attached to an aromatic ring is 1. The molecule has 0 aliphatic carbocycles. The SMILES string of the molecule is Cc1ccc(-c2cnccc2C(F)(F)F)cc1N. The molecule has 2 nitrogen and oxygen atoms in total. The molecule has 0 saturated heterocycles. The third kappa shape index (κ3) is 2.30. The minimum absolute atomic E-state index is 0.0386. The number of pyridine rings is 1. The van der Waals surface area contributed by atoms with Gasteiger partial charge in [-0.3, -0.25) is 4.98 Å². The van der Waals surface area contributed by atoms with Crippen LogP contribution in [0.2, 0.25) is 0 Å². The van der Waals surface area contributed by atoms with Crippen LogP contribution in [0.3, 0.4) is 0 Å². The lowest BCUT2D eigenvalue weighted by Crippen LogP contribution is -2.07. The maximum absolute atomic E-state index is 12.9. The minimum atomic E-state index is -4.40. The number of halogens is 3. The van der Waals surface area contributed by atoms with Crippen molar-refractivity contribution in [2.24, 2.45) is 0 Å². The lowest BCUT2D eigenvalue weighted by Gasteiger charge is -2.13. The predicted molar refractivity (Wildman–Crippen MR) is 63.8 cm³/mol. The third-order valence-corrected chi connectivity index (χ3v) is 2.72. The third-order valence-electron chi connectivity index (χ3n) is 2.72. The lowest BCUT2D eigenvalue weighted by atomic mass is 10.00. The van der Waals surface area contributed by atoms with E-state index in [0.29, 0.717) is 11.3 Å². The number of nitrogens with two attached hydrogens (primary N) is 1. The second kappa shape index (κ2) is 4.33. The molecule has 18 heavy (non-hydrogen) atoms. The summed E-state index contributed by atoms with van der Waals surface area (Å²) >= 11 is 0. The van der Waals surface area contributed by atoms with E-state index in [4.69, 9.17) is 5.73 Å². The highest BCUT2D eigenvalue weighted by Crippen LogP contribution is 2.37. The van der Waals surface area contributed by atoms with E-state index in [9.17, 15) is 13.2 Å². The fourth-order valence-electron chi connectivity index (χ4n) is 1.68. The Morgan fingerprint density at radius 1 is 1.17 bits per heavy atom. The van der Waals surface area contributed by atoms with Crippen molar-refractivity contribution in [3.8, 4) is 11.1 Å². The molecule has 0 spiro atoms. The molecular weight excluding hydrogens is 241 g/mol. The number of aryl methyl sites for hydroxylation is 1. The highest BCUT2D eigenvalue weighted by molar-refractivity contribution is 5.71. The van der Waals surface area contributed by atoms with Gasteiger partial charge in [0.1, 0.15) is 0 Å². The number of hydrogen-bond acceptors (Lipinski definition) is 2. The van der Waals surface area contributed by atoms with Crippen LogP contribution in [0.5, 0.6) is 0 Å². The van der Waals surface area contributed by atoms with Gasteiger partial charge in [-0.1, -0.05) is 12.1 Å². The molecule has 1 aromatic heterocycles. The number of alkyl halides is 3. The molecule has 2 rings (SSSR count). The van der Waals surface area contributed by atoms with E-state index in [1.165, 1.54) is 12.3 Å². The first-order chi connectivity index (χ1) is 8.39. The molecular formula is C13H11F3N2. The van der Waals surface area contributed by atoms with Gasteiger partial charge in [0, 0.05) is 23.6 Å². The summed E-state index contributed by atoms with van der Waals surface area (Å²) in [5.41, 5.74) is 6.75.